The molecule has 0 aliphatic carbocycles. The number of fused-ring (bicyclic) bond motifs is 4. The van der Waals surface area contributed by atoms with E-state index in [1.165, 1.54) is 60.7 Å². The molecule has 0 radical (unpaired) electrons. The first kappa shape index (κ1) is 50.2. The maximum Gasteiger partial charge on any atom is 1.00 e. The molecule has 0 aliphatic rings. The third kappa shape index (κ3) is 10.5. The van der Waals surface area contributed by atoms with Crippen molar-refractivity contribution < 1.29 is 121 Å². The van der Waals surface area contributed by atoms with Crippen molar-refractivity contribution in [1.29, 1.82) is 0 Å². The minimum absolute atomic E-state index is 0. The van der Waals surface area contributed by atoms with Crippen molar-refractivity contribution >= 4 is 106 Å². The molecule has 8 aromatic carbocycles. The molecule has 0 heterocycles. The van der Waals surface area contributed by atoms with E-state index >= 15 is 0 Å². The number of hydrogen-bond acceptors (Lipinski definition) is 16. The summed E-state index contributed by atoms with van der Waals surface area (Å²) in [6.07, 6.45) is 0. The zero-order valence-electron chi connectivity index (χ0n) is 33.0. The van der Waals surface area contributed by atoms with Crippen molar-refractivity contribution in [2.45, 2.75) is 19.6 Å². The van der Waals surface area contributed by atoms with Crippen LogP contribution in [0.25, 0.3) is 43.1 Å². The summed E-state index contributed by atoms with van der Waals surface area (Å²) in [5.74, 6) is -0.740. The van der Waals surface area contributed by atoms with Gasteiger partial charge >= 0.3 is 59.1 Å². The van der Waals surface area contributed by atoms with Gasteiger partial charge in [-0.2, -0.15) is 16.8 Å². The summed E-state index contributed by atoms with van der Waals surface area (Å²) in [5, 5.41) is 38.3. The molecule has 4 N–H and O–H groups in total. The van der Waals surface area contributed by atoms with Crippen LogP contribution in [-0.2, 0) is 40.5 Å². The molecule has 316 valence electrons. The summed E-state index contributed by atoms with van der Waals surface area (Å²) < 4.78 is 136. The van der Waals surface area contributed by atoms with E-state index in [0.717, 1.165) is 24.3 Å². The Bertz CT molecular complexity index is 3450. The largest absolute Gasteiger partial charge is 1.00 e. The van der Waals surface area contributed by atoms with E-state index in [2.05, 4.69) is 20.5 Å². The van der Waals surface area contributed by atoms with E-state index < -0.39 is 50.3 Å². The number of azo groups is 2. The first-order valence-electron chi connectivity index (χ1n) is 17.4. The molecule has 0 unspecified atom stereocenters. The van der Waals surface area contributed by atoms with Gasteiger partial charge in [-0.1, -0.05) is 97.1 Å². The Labute approximate surface area is 408 Å². The predicted octanol–water partition coefficient (Wildman–Crippen LogP) is 2.54. The average molecular weight is 961 g/mol. The molecule has 0 fully saturated rings. The summed E-state index contributed by atoms with van der Waals surface area (Å²) in [5.41, 5.74) is -0.115. The minimum Gasteiger partial charge on any atom is -0.744 e. The molecule has 0 atom stereocenters. The van der Waals surface area contributed by atoms with Crippen molar-refractivity contribution in [2.24, 2.45) is 20.5 Å². The number of phenols is 2. The van der Waals surface area contributed by atoms with Crippen molar-refractivity contribution in [3.8, 4) is 11.5 Å². The SMILES string of the molecule is O=S(=O)([O-])c1cc(/N=N/c2ccc(S(=O)(=O)O)c3ccccc23)c(O)c2ccccc12.O=S(=O)([O-])c1cc(/N=N/c2ccc(S(=O)(=O)O)c3ccccc23)c(O)c2ccccc12.[Na+].[Na+]. The van der Waals surface area contributed by atoms with E-state index in [1.54, 1.807) is 48.5 Å². The normalized spacial score (nSPS) is 12.3. The molecule has 0 aliphatic heterocycles. The van der Waals surface area contributed by atoms with E-state index in [1.807, 2.05) is 0 Å². The number of phenolic OH excluding ortho intramolecular Hbond substituents is 2. The topological polar surface area (TPSA) is 313 Å². The molecule has 64 heavy (non-hydrogen) atoms. The van der Waals surface area contributed by atoms with Crippen molar-refractivity contribution in [2.75, 3.05) is 0 Å². The van der Waals surface area contributed by atoms with Gasteiger partial charge in [0.05, 0.1) is 21.2 Å². The van der Waals surface area contributed by atoms with Crippen LogP contribution in [0.3, 0.4) is 0 Å². The maximum atomic E-state index is 11.7. The molecule has 0 aromatic heterocycles. The number of benzene rings is 8. The Morgan fingerprint density at radius 2 is 0.594 bits per heavy atom. The molecule has 18 nitrogen and oxygen atoms in total. The molecule has 8 aromatic rings. The number of nitrogens with zero attached hydrogens (tertiary/aromatic N) is 4. The summed E-state index contributed by atoms with van der Waals surface area (Å²) >= 11 is 0. The second-order valence-corrected chi connectivity index (χ2v) is 18.6. The molecular weight excluding hydrogens is 935 g/mol. The van der Waals surface area contributed by atoms with Crippen LogP contribution in [0.1, 0.15) is 0 Å². The Morgan fingerprint density at radius 1 is 0.344 bits per heavy atom. The Kier molecular flexibility index (Phi) is 15.2. The average Bonchev–Trinajstić information content (AvgIpc) is 3.21. The smallest absolute Gasteiger partial charge is 0.744 e. The fourth-order valence-corrected chi connectivity index (χ4v) is 9.34. The summed E-state index contributed by atoms with van der Waals surface area (Å²) in [6, 6.07) is 31.1. The first-order chi connectivity index (χ1) is 29.1. The Morgan fingerprint density at radius 3 is 0.875 bits per heavy atom. The van der Waals surface area contributed by atoms with Gasteiger partial charge in [-0.3, -0.25) is 9.11 Å². The number of aromatic hydroxyl groups is 2. The molecule has 8 rings (SSSR count). The van der Waals surface area contributed by atoms with Gasteiger partial charge in [-0.25, -0.2) is 16.8 Å². The standard InChI is InChI=1S/2C20H14N2O7S2.2Na/c2*23-20-15-8-4-3-7-14(15)19(31(27,28)29)11-17(20)22-21-16-9-10-18(30(24,25)26)13-6-2-1-5-12(13)16;;/h2*1-11,23H,(H,24,25,26)(H,27,28,29);;/q;;2*+1/p-2/b2*22-21+;;. The number of rotatable bonds is 8. The molecule has 0 saturated carbocycles. The van der Waals surface area contributed by atoms with Gasteiger partial charge in [-0.05, 0) is 36.4 Å². The molecule has 0 spiro atoms. The van der Waals surface area contributed by atoms with Crippen molar-refractivity contribution in [3.05, 3.63) is 133 Å². The zero-order valence-corrected chi connectivity index (χ0v) is 40.3. The fraction of sp³-hybridized carbons (Fsp3) is 0. The fourth-order valence-electron chi connectivity index (χ4n) is 6.54. The van der Waals surface area contributed by atoms with E-state index in [-0.39, 0.29) is 135 Å². The third-order valence-corrected chi connectivity index (χ3v) is 12.8. The number of hydrogen-bond donors (Lipinski definition) is 4. The van der Waals surface area contributed by atoms with Crippen LogP contribution in [0.5, 0.6) is 11.5 Å². The van der Waals surface area contributed by atoms with Crippen molar-refractivity contribution in [1.82, 2.24) is 0 Å². The Hall–Kier alpha value is -4.76. The van der Waals surface area contributed by atoms with Crippen LogP contribution < -0.4 is 59.1 Å². The molecule has 0 saturated heterocycles. The van der Waals surface area contributed by atoms with Gasteiger partial charge in [-0.15, -0.1) is 20.5 Å². The maximum absolute atomic E-state index is 11.7. The zero-order chi connectivity index (χ0) is 44.8. The van der Waals surface area contributed by atoms with E-state index in [9.17, 15) is 62.1 Å². The van der Waals surface area contributed by atoms with Crippen LogP contribution in [0.2, 0.25) is 0 Å². The summed E-state index contributed by atoms with van der Waals surface area (Å²) in [4.78, 5) is -1.73. The van der Waals surface area contributed by atoms with Crippen molar-refractivity contribution in [3.63, 3.8) is 0 Å². The van der Waals surface area contributed by atoms with Gasteiger partial charge in [0.1, 0.15) is 41.4 Å². The Balaban J connectivity index is 0.000000234. The van der Waals surface area contributed by atoms with E-state index in [4.69, 9.17) is 0 Å². The minimum atomic E-state index is -4.87. The second-order valence-electron chi connectivity index (χ2n) is 13.1. The molecule has 24 heteroatoms. The van der Waals surface area contributed by atoms with Crippen LogP contribution >= 0.6 is 0 Å². The predicted molar refractivity (Wildman–Crippen MR) is 223 cm³/mol. The van der Waals surface area contributed by atoms with Crippen LogP contribution in [-0.4, -0.2) is 62.1 Å². The van der Waals surface area contributed by atoms with Gasteiger partial charge < -0.3 is 19.3 Å². The van der Waals surface area contributed by atoms with E-state index in [0.29, 0.717) is 10.8 Å². The van der Waals surface area contributed by atoms with Crippen LogP contribution in [0.15, 0.2) is 173 Å². The molecular formula is C40H26N4Na2O14S4. The monoisotopic (exact) mass is 960 g/mol. The third-order valence-electron chi connectivity index (χ3n) is 9.26. The first-order valence-corrected chi connectivity index (χ1v) is 23.1. The quantitative estimate of drug-likeness (QED) is 0.0967. The van der Waals surface area contributed by atoms with Gasteiger partial charge in [0.15, 0.2) is 11.5 Å². The summed E-state index contributed by atoms with van der Waals surface area (Å²) in [7, 11) is -18.7. The van der Waals surface area contributed by atoms with Crippen LogP contribution in [0, 0.1) is 0 Å². The second kappa shape index (κ2) is 19.4. The molecule has 0 bridgehead atoms. The van der Waals surface area contributed by atoms with Gasteiger partial charge in [0, 0.05) is 43.1 Å². The van der Waals surface area contributed by atoms with Gasteiger partial charge in [0.2, 0.25) is 0 Å². The van der Waals surface area contributed by atoms with Crippen LogP contribution in [0.4, 0.5) is 22.7 Å². The molecule has 0 amide bonds. The summed E-state index contributed by atoms with van der Waals surface area (Å²) in [6.45, 7) is 0. The van der Waals surface area contributed by atoms with Gasteiger partial charge in [0.25, 0.3) is 20.2 Å².